The van der Waals surface area contributed by atoms with E-state index in [0.717, 1.165) is 49.9 Å². The molecule has 1 aromatic carbocycles. The van der Waals surface area contributed by atoms with Crippen LogP contribution in [-0.2, 0) is 14.8 Å². The Morgan fingerprint density at radius 2 is 1.85 bits per heavy atom. The van der Waals surface area contributed by atoms with E-state index in [1.54, 1.807) is 0 Å². The lowest BCUT2D eigenvalue weighted by molar-refractivity contribution is -0.384. The largest absolute Gasteiger partial charge is 0.352 e. The molecule has 0 aliphatic heterocycles. The van der Waals surface area contributed by atoms with Crippen molar-refractivity contribution < 1.29 is 18.1 Å². The van der Waals surface area contributed by atoms with Gasteiger partial charge in [0.15, 0.2) is 0 Å². The van der Waals surface area contributed by atoms with Gasteiger partial charge in [-0.2, -0.15) is 0 Å². The number of nitrogens with zero attached hydrogens (tertiary/aromatic N) is 1. The monoisotopic (exact) mass is 398 g/mol. The van der Waals surface area contributed by atoms with Crippen molar-refractivity contribution in [2.45, 2.75) is 49.5 Å². The molecule has 1 atom stereocenters. The van der Waals surface area contributed by atoms with Crippen LogP contribution < -0.4 is 15.8 Å². The number of non-ortho nitro benzene ring substituents is 1. The summed E-state index contributed by atoms with van der Waals surface area (Å²) in [4.78, 5) is 22.1. The quantitative estimate of drug-likeness (QED) is 0.422. The van der Waals surface area contributed by atoms with Gasteiger partial charge in [0.25, 0.3) is 5.69 Å². The second-order valence-electron chi connectivity index (χ2n) is 6.71. The molecular formula is C17H26N4O5S. The second kappa shape index (κ2) is 9.77. The molecule has 2 rings (SSSR count). The van der Waals surface area contributed by atoms with E-state index < -0.39 is 14.9 Å². The lowest BCUT2D eigenvalue weighted by Crippen LogP contribution is -2.46. The van der Waals surface area contributed by atoms with Gasteiger partial charge in [0.2, 0.25) is 15.9 Å². The van der Waals surface area contributed by atoms with E-state index in [2.05, 4.69) is 10.0 Å². The molecule has 0 bridgehead atoms. The molecule has 150 valence electrons. The average molecular weight is 398 g/mol. The molecule has 1 amide bonds. The zero-order valence-electron chi connectivity index (χ0n) is 15.1. The second-order valence-corrected chi connectivity index (χ2v) is 8.47. The first kappa shape index (κ1) is 21.3. The Hall–Kier alpha value is -2.04. The summed E-state index contributed by atoms with van der Waals surface area (Å²) in [6.45, 7) is 0.304. The van der Waals surface area contributed by atoms with Crippen LogP contribution in [0.25, 0.3) is 0 Å². The molecule has 1 aliphatic rings. The fraction of sp³-hybridized carbons (Fsp3) is 0.588. The van der Waals surface area contributed by atoms with Gasteiger partial charge in [0.05, 0.1) is 9.82 Å². The van der Waals surface area contributed by atoms with Gasteiger partial charge in [-0.1, -0.05) is 19.3 Å². The number of nitrogens with two attached hydrogens (primary N) is 1. The molecule has 1 unspecified atom stereocenters. The fourth-order valence-electron chi connectivity index (χ4n) is 3.31. The number of rotatable bonds is 9. The van der Waals surface area contributed by atoms with Gasteiger partial charge < -0.3 is 11.1 Å². The molecule has 0 spiro atoms. The summed E-state index contributed by atoms with van der Waals surface area (Å²) in [6.07, 6.45) is 5.60. The summed E-state index contributed by atoms with van der Waals surface area (Å²) < 4.78 is 26.7. The zero-order chi connectivity index (χ0) is 19.9. The Morgan fingerprint density at radius 3 is 2.41 bits per heavy atom. The van der Waals surface area contributed by atoms with Gasteiger partial charge in [-0.25, -0.2) is 13.1 Å². The standard InChI is InChI=1S/C17H26N4O5S/c18-12-16(13-4-2-1-3-5-13)20-17(22)10-11-19-27(25,26)15-8-6-14(7-9-15)21(23)24/h6-9,13,16,19H,1-5,10-12,18H2,(H,20,22). The van der Waals surface area contributed by atoms with Crippen molar-refractivity contribution >= 4 is 21.6 Å². The molecule has 0 aromatic heterocycles. The lowest BCUT2D eigenvalue weighted by Gasteiger charge is -2.30. The maximum absolute atomic E-state index is 12.2. The van der Waals surface area contributed by atoms with Crippen LogP contribution in [-0.4, -0.2) is 38.4 Å². The molecule has 0 heterocycles. The van der Waals surface area contributed by atoms with Crippen LogP contribution >= 0.6 is 0 Å². The maximum atomic E-state index is 12.2. The summed E-state index contributed by atoms with van der Waals surface area (Å²) in [7, 11) is -3.83. The van der Waals surface area contributed by atoms with E-state index in [-0.39, 0.29) is 35.5 Å². The highest BCUT2D eigenvalue weighted by atomic mass is 32.2. The van der Waals surface area contributed by atoms with Crippen LogP contribution in [0, 0.1) is 16.0 Å². The number of benzene rings is 1. The highest BCUT2D eigenvalue weighted by Crippen LogP contribution is 2.26. The Kier molecular flexibility index (Phi) is 7.69. The number of amides is 1. The number of carbonyl (C=O) groups is 1. The molecule has 9 nitrogen and oxygen atoms in total. The minimum absolute atomic E-state index is 0.00453. The Morgan fingerprint density at radius 1 is 1.22 bits per heavy atom. The van der Waals surface area contributed by atoms with Crippen LogP contribution in [0.1, 0.15) is 38.5 Å². The third-order valence-electron chi connectivity index (χ3n) is 4.82. The highest BCUT2D eigenvalue weighted by molar-refractivity contribution is 7.89. The minimum Gasteiger partial charge on any atom is -0.352 e. The maximum Gasteiger partial charge on any atom is 0.269 e. The van der Waals surface area contributed by atoms with E-state index >= 15 is 0 Å². The number of hydrogen-bond acceptors (Lipinski definition) is 6. The van der Waals surface area contributed by atoms with Crippen molar-refractivity contribution in [3.05, 3.63) is 34.4 Å². The van der Waals surface area contributed by atoms with E-state index in [0.29, 0.717) is 12.5 Å². The van der Waals surface area contributed by atoms with Gasteiger partial charge in [0.1, 0.15) is 0 Å². The smallest absolute Gasteiger partial charge is 0.269 e. The number of hydrogen-bond donors (Lipinski definition) is 3. The van der Waals surface area contributed by atoms with Crippen molar-refractivity contribution in [1.29, 1.82) is 0 Å². The van der Waals surface area contributed by atoms with Crippen molar-refractivity contribution in [2.75, 3.05) is 13.1 Å². The SMILES string of the molecule is NCC(NC(=O)CCNS(=O)(=O)c1ccc([N+](=O)[O-])cc1)C1CCCCC1. The number of sulfonamides is 1. The van der Waals surface area contributed by atoms with Crippen LogP contribution in [0.5, 0.6) is 0 Å². The number of nitrogens with one attached hydrogen (secondary N) is 2. The predicted molar refractivity (Wildman–Crippen MR) is 100 cm³/mol. The molecule has 10 heteroatoms. The molecule has 1 saturated carbocycles. The Labute approximate surface area is 158 Å². The molecule has 1 aliphatic carbocycles. The molecule has 4 N–H and O–H groups in total. The van der Waals surface area contributed by atoms with Crippen molar-refractivity contribution in [2.24, 2.45) is 11.7 Å². The number of nitro benzene ring substituents is 1. The summed E-state index contributed by atoms with van der Waals surface area (Å²) >= 11 is 0. The first-order valence-corrected chi connectivity index (χ1v) is 10.6. The van der Waals surface area contributed by atoms with E-state index in [9.17, 15) is 23.3 Å². The first-order chi connectivity index (χ1) is 12.8. The fourth-order valence-corrected chi connectivity index (χ4v) is 4.35. The van der Waals surface area contributed by atoms with Gasteiger partial charge in [-0.05, 0) is 30.9 Å². The summed E-state index contributed by atoms with van der Waals surface area (Å²) in [5.41, 5.74) is 5.59. The Bertz CT molecular complexity index is 745. The first-order valence-electron chi connectivity index (χ1n) is 9.07. The van der Waals surface area contributed by atoms with Crippen molar-refractivity contribution in [3.8, 4) is 0 Å². The van der Waals surface area contributed by atoms with Gasteiger partial charge in [-0.15, -0.1) is 0 Å². The van der Waals surface area contributed by atoms with Crippen LogP contribution in [0.3, 0.4) is 0 Å². The van der Waals surface area contributed by atoms with Crippen LogP contribution in [0.15, 0.2) is 29.2 Å². The zero-order valence-corrected chi connectivity index (χ0v) is 15.9. The molecule has 1 aromatic rings. The summed E-state index contributed by atoms with van der Waals surface area (Å²) in [5, 5.41) is 13.5. The summed E-state index contributed by atoms with van der Waals surface area (Å²) in [5.74, 6) is 0.131. The van der Waals surface area contributed by atoms with E-state index in [1.807, 2.05) is 0 Å². The minimum atomic E-state index is -3.83. The lowest BCUT2D eigenvalue weighted by atomic mass is 9.84. The van der Waals surface area contributed by atoms with Gasteiger partial charge in [-0.3, -0.25) is 14.9 Å². The normalized spacial score (nSPS) is 16.6. The third-order valence-corrected chi connectivity index (χ3v) is 6.30. The summed E-state index contributed by atoms with van der Waals surface area (Å²) in [6, 6.07) is 4.49. The van der Waals surface area contributed by atoms with E-state index in [1.165, 1.54) is 6.42 Å². The molecule has 0 radical (unpaired) electrons. The van der Waals surface area contributed by atoms with Crippen molar-refractivity contribution in [1.82, 2.24) is 10.0 Å². The average Bonchev–Trinajstić information content (AvgIpc) is 2.66. The molecule has 1 fully saturated rings. The Balaban J connectivity index is 1.82. The van der Waals surface area contributed by atoms with Gasteiger partial charge >= 0.3 is 0 Å². The molecular weight excluding hydrogens is 372 g/mol. The molecule has 0 saturated heterocycles. The highest BCUT2D eigenvalue weighted by Gasteiger charge is 2.24. The van der Waals surface area contributed by atoms with Crippen LogP contribution in [0.2, 0.25) is 0 Å². The topological polar surface area (TPSA) is 144 Å². The molecule has 27 heavy (non-hydrogen) atoms. The van der Waals surface area contributed by atoms with Crippen LogP contribution in [0.4, 0.5) is 5.69 Å². The number of nitro groups is 1. The third kappa shape index (κ3) is 6.26. The number of carbonyl (C=O) groups excluding carboxylic acids is 1. The van der Waals surface area contributed by atoms with E-state index in [4.69, 9.17) is 5.73 Å². The van der Waals surface area contributed by atoms with Crippen molar-refractivity contribution in [3.63, 3.8) is 0 Å². The van der Waals surface area contributed by atoms with Gasteiger partial charge in [0, 0.05) is 37.7 Å². The predicted octanol–water partition coefficient (Wildman–Crippen LogP) is 1.29.